The van der Waals surface area contributed by atoms with Crippen molar-refractivity contribution in [3.8, 4) is 0 Å². The second-order valence-corrected chi connectivity index (χ2v) is 7.58. The lowest BCUT2D eigenvalue weighted by atomic mass is 10.1. The summed E-state index contributed by atoms with van der Waals surface area (Å²) in [6.45, 7) is 3.05. The number of allylic oxidation sites excluding steroid dienone is 12. The Bertz CT molecular complexity index is 751. The van der Waals surface area contributed by atoms with Crippen molar-refractivity contribution in [2.24, 2.45) is 0 Å². The molecular weight excluding hydrogens is 398 g/mol. The molecule has 1 aliphatic rings. The van der Waals surface area contributed by atoms with E-state index < -0.39 is 5.97 Å². The van der Waals surface area contributed by atoms with Gasteiger partial charge in [0, 0.05) is 25.1 Å². The summed E-state index contributed by atoms with van der Waals surface area (Å²) >= 11 is 0. The summed E-state index contributed by atoms with van der Waals surface area (Å²) in [7, 11) is 0. The van der Waals surface area contributed by atoms with Gasteiger partial charge in [0.25, 0.3) is 0 Å². The third-order valence-electron chi connectivity index (χ3n) is 4.96. The monoisotopic (exact) mass is 437 g/mol. The van der Waals surface area contributed by atoms with Crippen LogP contribution < -0.4 is 0 Å². The minimum Gasteiger partial charge on any atom is -0.478 e. The van der Waals surface area contributed by atoms with Crippen LogP contribution in [-0.4, -0.2) is 35.0 Å². The third-order valence-corrected chi connectivity index (χ3v) is 4.96. The quantitative estimate of drug-likeness (QED) is 0.290. The van der Waals surface area contributed by atoms with E-state index in [0.717, 1.165) is 44.9 Å². The second kappa shape index (κ2) is 18.9. The van der Waals surface area contributed by atoms with Crippen LogP contribution in [0.4, 0.5) is 0 Å². The van der Waals surface area contributed by atoms with Crippen LogP contribution in [0.15, 0.2) is 84.6 Å². The molecule has 1 heterocycles. The summed E-state index contributed by atoms with van der Waals surface area (Å²) in [5.74, 6) is -0.791. The molecule has 0 aromatic rings. The molecule has 0 aliphatic carbocycles. The van der Waals surface area contributed by atoms with E-state index in [-0.39, 0.29) is 5.91 Å². The Labute approximate surface area is 194 Å². The smallest absolute Gasteiger partial charge is 0.331 e. The maximum Gasteiger partial charge on any atom is 0.331 e. The molecule has 1 aliphatic heterocycles. The molecule has 1 amide bonds. The Balaban J connectivity index is 2.03. The number of carboxylic acid groups (broad SMARTS) is 1. The Morgan fingerprint density at radius 3 is 1.69 bits per heavy atom. The first-order valence-corrected chi connectivity index (χ1v) is 11.7. The summed E-state index contributed by atoms with van der Waals surface area (Å²) in [5, 5.41) is 8.94. The van der Waals surface area contributed by atoms with E-state index in [1.807, 2.05) is 6.08 Å². The van der Waals surface area contributed by atoms with E-state index >= 15 is 0 Å². The van der Waals surface area contributed by atoms with Gasteiger partial charge >= 0.3 is 5.97 Å². The predicted molar refractivity (Wildman–Crippen MR) is 134 cm³/mol. The van der Waals surface area contributed by atoms with E-state index in [2.05, 4.69) is 73.8 Å². The van der Waals surface area contributed by atoms with Crippen LogP contribution in [0.3, 0.4) is 0 Å². The van der Waals surface area contributed by atoms with Crippen LogP contribution in [0.25, 0.3) is 0 Å². The first kappa shape index (κ1) is 27.2. The van der Waals surface area contributed by atoms with Gasteiger partial charge in [-0.1, -0.05) is 85.9 Å². The zero-order valence-corrected chi connectivity index (χ0v) is 19.5. The van der Waals surface area contributed by atoms with Gasteiger partial charge in [0.2, 0.25) is 5.91 Å². The molecule has 0 unspecified atom stereocenters. The van der Waals surface area contributed by atoms with Crippen molar-refractivity contribution in [1.82, 2.24) is 4.90 Å². The van der Waals surface area contributed by atoms with Gasteiger partial charge in [0.1, 0.15) is 0 Å². The Morgan fingerprint density at radius 1 is 0.812 bits per heavy atom. The molecule has 0 spiro atoms. The molecule has 174 valence electrons. The number of rotatable bonds is 15. The maximum absolute atomic E-state index is 12.1. The molecule has 0 aromatic heterocycles. The number of carboxylic acids is 1. The van der Waals surface area contributed by atoms with Gasteiger partial charge in [-0.3, -0.25) is 4.79 Å². The lowest BCUT2D eigenvalue weighted by molar-refractivity contribution is -0.134. The van der Waals surface area contributed by atoms with Gasteiger partial charge in [-0.05, 0) is 51.4 Å². The largest absolute Gasteiger partial charge is 0.478 e. The minimum atomic E-state index is -0.880. The van der Waals surface area contributed by atoms with Crippen LogP contribution in [-0.2, 0) is 9.59 Å². The molecule has 1 rings (SSSR count). The van der Waals surface area contributed by atoms with Crippen LogP contribution in [0.5, 0.6) is 0 Å². The van der Waals surface area contributed by atoms with Crippen molar-refractivity contribution in [3.63, 3.8) is 0 Å². The molecule has 4 heteroatoms. The van der Waals surface area contributed by atoms with E-state index in [4.69, 9.17) is 5.11 Å². The van der Waals surface area contributed by atoms with Crippen molar-refractivity contribution in [2.45, 2.75) is 64.7 Å². The van der Waals surface area contributed by atoms with Crippen LogP contribution in [0.1, 0.15) is 64.7 Å². The topological polar surface area (TPSA) is 57.6 Å². The highest BCUT2D eigenvalue weighted by molar-refractivity contribution is 5.87. The number of nitrogens with zero attached hydrogens (tertiary/aromatic N) is 1. The molecule has 0 saturated carbocycles. The highest BCUT2D eigenvalue weighted by atomic mass is 16.4. The fourth-order valence-electron chi connectivity index (χ4n) is 3.09. The summed E-state index contributed by atoms with van der Waals surface area (Å²) < 4.78 is 0. The van der Waals surface area contributed by atoms with Gasteiger partial charge in [-0.2, -0.15) is 0 Å². The SMILES string of the molecule is CC/C=C/C/C=C/C/C=C/C/C=C/C/C=C/C/C=C/CCC(=O)N1CC=C(C(=O)O)CC1. The number of carbonyl (C=O) groups excluding carboxylic acids is 1. The average Bonchev–Trinajstić information content (AvgIpc) is 2.80. The van der Waals surface area contributed by atoms with E-state index in [1.54, 1.807) is 11.0 Å². The first-order valence-electron chi connectivity index (χ1n) is 11.7. The summed E-state index contributed by atoms with van der Waals surface area (Å²) in [5.41, 5.74) is 0.408. The van der Waals surface area contributed by atoms with Gasteiger partial charge in [0.15, 0.2) is 0 Å². The van der Waals surface area contributed by atoms with E-state index in [9.17, 15) is 9.59 Å². The predicted octanol–water partition coefficient (Wildman–Crippen LogP) is 6.71. The van der Waals surface area contributed by atoms with Gasteiger partial charge in [-0.15, -0.1) is 0 Å². The number of aliphatic carboxylic acids is 1. The molecule has 1 N–H and O–H groups in total. The summed E-state index contributed by atoms with van der Waals surface area (Å²) in [6, 6.07) is 0. The molecule has 0 saturated heterocycles. The second-order valence-electron chi connectivity index (χ2n) is 7.58. The zero-order chi connectivity index (χ0) is 23.3. The third kappa shape index (κ3) is 14.2. The van der Waals surface area contributed by atoms with E-state index in [0.29, 0.717) is 31.5 Å². The van der Waals surface area contributed by atoms with Gasteiger partial charge in [0.05, 0.1) is 0 Å². The zero-order valence-electron chi connectivity index (χ0n) is 19.5. The number of amides is 1. The molecule has 4 nitrogen and oxygen atoms in total. The first-order chi connectivity index (χ1) is 15.6. The molecule has 0 aromatic carbocycles. The fourth-order valence-corrected chi connectivity index (χ4v) is 3.09. The highest BCUT2D eigenvalue weighted by Gasteiger charge is 2.19. The van der Waals surface area contributed by atoms with Crippen molar-refractivity contribution in [2.75, 3.05) is 13.1 Å². The van der Waals surface area contributed by atoms with Crippen molar-refractivity contribution >= 4 is 11.9 Å². The molecular formula is C28H39NO3. The normalized spacial score (nSPS) is 15.4. The van der Waals surface area contributed by atoms with Crippen molar-refractivity contribution < 1.29 is 14.7 Å². The Kier molecular flexibility index (Phi) is 16.0. The number of hydrogen-bond donors (Lipinski definition) is 1. The molecule has 0 radical (unpaired) electrons. The average molecular weight is 438 g/mol. The number of carbonyl (C=O) groups is 2. The molecule has 0 fully saturated rings. The molecule has 32 heavy (non-hydrogen) atoms. The van der Waals surface area contributed by atoms with E-state index in [1.165, 1.54) is 0 Å². The van der Waals surface area contributed by atoms with Crippen molar-refractivity contribution in [1.29, 1.82) is 0 Å². The van der Waals surface area contributed by atoms with Crippen LogP contribution in [0, 0.1) is 0 Å². The van der Waals surface area contributed by atoms with Crippen molar-refractivity contribution in [3.05, 3.63) is 84.6 Å². The summed E-state index contributed by atoms with van der Waals surface area (Å²) in [4.78, 5) is 24.8. The molecule has 0 bridgehead atoms. The van der Waals surface area contributed by atoms with Gasteiger partial charge < -0.3 is 10.0 Å². The maximum atomic E-state index is 12.1. The Morgan fingerprint density at radius 2 is 1.28 bits per heavy atom. The van der Waals surface area contributed by atoms with Gasteiger partial charge in [-0.25, -0.2) is 4.79 Å². The minimum absolute atomic E-state index is 0.0882. The summed E-state index contributed by atoms with van der Waals surface area (Å²) in [6.07, 6.45) is 35.1. The lowest BCUT2D eigenvalue weighted by Gasteiger charge is -2.25. The highest BCUT2D eigenvalue weighted by Crippen LogP contribution is 2.12. The van der Waals surface area contributed by atoms with Crippen LogP contribution in [0.2, 0.25) is 0 Å². The van der Waals surface area contributed by atoms with Crippen LogP contribution >= 0.6 is 0 Å². The number of hydrogen-bond acceptors (Lipinski definition) is 2. The fraction of sp³-hybridized carbons (Fsp3) is 0.429. The molecule has 0 atom stereocenters. The Hall–Kier alpha value is -2.88. The standard InChI is InChI=1S/C28H39NO3/c1-2-3-4-5-6-7-8-9-10-11-12-13-14-15-16-17-18-19-20-21-27(30)29-24-22-26(23-25-29)28(31)32/h3-4,6-7,9-10,12-13,15-16,18-19,22H,2,5,8,11,14,17,20-21,23-25H2,1H3,(H,31,32)/b4-3+,7-6+,10-9+,13-12+,16-15+,19-18+. The lowest BCUT2D eigenvalue weighted by Crippen LogP contribution is -2.35.